The van der Waals surface area contributed by atoms with Crippen molar-refractivity contribution in [3.63, 3.8) is 0 Å². The second-order valence-corrected chi connectivity index (χ2v) is 13.0. The number of aromatic amines is 2. The van der Waals surface area contributed by atoms with Gasteiger partial charge in [0.1, 0.15) is 0 Å². The van der Waals surface area contributed by atoms with Crippen molar-refractivity contribution in [1.82, 2.24) is 9.97 Å². The molecule has 0 bridgehead atoms. The van der Waals surface area contributed by atoms with Crippen LogP contribution < -0.4 is 0 Å². The van der Waals surface area contributed by atoms with E-state index in [1.807, 2.05) is 0 Å². The molecule has 0 atom stereocenters. The summed E-state index contributed by atoms with van der Waals surface area (Å²) in [6, 6.07) is 57.7. The molecule has 0 spiro atoms. The van der Waals surface area contributed by atoms with Gasteiger partial charge in [0.2, 0.25) is 0 Å². The number of H-pyrrole nitrogens is 2. The van der Waals surface area contributed by atoms with E-state index in [-0.39, 0.29) is 0 Å². The van der Waals surface area contributed by atoms with E-state index in [9.17, 15) is 0 Å². The topological polar surface area (TPSA) is 31.6 Å². The van der Waals surface area contributed by atoms with Crippen molar-refractivity contribution in [2.45, 2.75) is 0 Å². The van der Waals surface area contributed by atoms with Crippen LogP contribution in [0.1, 0.15) is 0 Å². The Balaban J connectivity index is 1.15. The van der Waals surface area contributed by atoms with Crippen molar-refractivity contribution >= 4 is 86.7 Å². The van der Waals surface area contributed by atoms with Crippen LogP contribution in [0.15, 0.2) is 158 Å². The molecule has 0 aliphatic carbocycles. The Morgan fingerprint density at radius 3 is 0.979 bits per heavy atom. The third-order valence-corrected chi connectivity index (χ3v) is 10.5. The minimum Gasteiger partial charge on any atom is -0.354 e. The van der Waals surface area contributed by atoms with Gasteiger partial charge in [0.15, 0.2) is 0 Å². The van der Waals surface area contributed by atoms with E-state index >= 15 is 0 Å². The number of nitrogens with one attached hydrogen (secondary N) is 2. The van der Waals surface area contributed by atoms with Gasteiger partial charge in [-0.15, -0.1) is 0 Å². The molecule has 222 valence electrons. The minimum absolute atomic E-state index is 1.16. The van der Waals surface area contributed by atoms with Crippen LogP contribution in [0.25, 0.3) is 109 Å². The average Bonchev–Trinajstić information content (AvgIpc) is 3.76. The van der Waals surface area contributed by atoms with Gasteiger partial charge in [-0.3, -0.25) is 0 Å². The van der Waals surface area contributed by atoms with Gasteiger partial charge in [0.25, 0.3) is 0 Å². The van der Waals surface area contributed by atoms with Crippen LogP contribution in [0.2, 0.25) is 0 Å². The highest BCUT2D eigenvalue weighted by atomic mass is 14.7. The first-order chi connectivity index (χ1) is 23.8. The number of aromatic nitrogens is 2. The summed E-state index contributed by atoms with van der Waals surface area (Å²) >= 11 is 0. The van der Waals surface area contributed by atoms with E-state index in [2.05, 4.69) is 168 Å². The summed E-state index contributed by atoms with van der Waals surface area (Å²) in [4.78, 5) is 7.64. The zero-order chi connectivity index (χ0) is 31.3. The van der Waals surface area contributed by atoms with Crippen LogP contribution in [0.3, 0.4) is 0 Å². The van der Waals surface area contributed by atoms with Crippen LogP contribution in [0.5, 0.6) is 0 Å². The molecule has 11 rings (SSSR count). The maximum Gasteiger partial charge on any atom is 0.0551 e. The van der Waals surface area contributed by atoms with Crippen molar-refractivity contribution in [3.8, 4) is 22.3 Å². The SMILES string of the molecule is c1cc(-c2ccc(-c3cccc4[nH]c5c6ccccc6c6ccccc6c5c34)cc2)c2c(c1)[nH]c1c3ccccc3c3ccccc3c12. The van der Waals surface area contributed by atoms with E-state index in [0.29, 0.717) is 0 Å². The summed E-state index contributed by atoms with van der Waals surface area (Å²) in [5.41, 5.74) is 9.65. The Bertz CT molecular complexity index is 2890. The van der Waals surface area contributed by atoms with Crippen molar-refractivity contribution in [1.29, 1.82) is 0 Å². The Morgan fingerprint density at radius 1 is 0.250 bits per heavy atom. The summed E-state index contributed by atoms with van der Waals surface area (Å²) in [6.45, 7) is 0. The van der Waals surface area contributed by atoms with Crippen molar-refractivity contribution in [2.75, 3.05) is 0 Å². The first-order valence-corrected chi connectivity index (χ1v) is 16.6. The monoisotopic (exact) mass is 608 g/mol. The minimum atomic E-state index is 1.16. The van der Waals surface area contributed by atoms with E-state index in [1.54, 1.807) is 0 Å². The summed E-state index contributed by atoms with van der Waals surface area (Å²) in [5, 5.41) is 15.4. The molecular weight excluding hydrogens is 581 g/mol. The average molecular weight is 609 g/mol. The highest BCUT2D eigenvalue weighted by Crippen LogP contribution is 2.45. The third-order valence-electron chi connectivity index (χ3n) is 10.5. The van der Waals surface area contributed by atoms with Crippen molar-refractivity contribution in [2.24, 2.45) is 0 Å². The maximum absolute atomic E-state index is 3.82. The molecule has 0 amide bonds. The van der Waals surface area contributed by atoms with Crippen LogP contribution >= 0.6 is 0 Å². The zero-order valence-electron chi connectivity index (χ0n) is 26.0. The van der Waals surface area contributed by atoms with Gasteiger partial charge in [-0.05, 0) is 66.7 Å². The Morgan fingerprint density at radius 2 is 0.583 bits per heavy atom. The number of fused-ring (bicyclic) bond motifs is 16. The van der Waals surface area contributed by atoms with E-state index in [0.717, 1.165) is 11.0 Å². The van der Waals surface area contributed by atoms with Crippen molar-refractivity contribution < 1.29 is 0 Å². The Labute approximate surface area is 275 Å². The normalized spacial score (nSPS) is 12.2. The number of benzene rings is 9. The van der Waals surface area contributed by atoms with Gasteiger partial charge in [0, 0.05) is 43.4 Å². The van der Waals surface area contributed by atoms with E-state index < -0.39 is 0 Å². The smallest absolute Gasteiger partial charge is 0.0551 e. The first-order valence-electron chi connectivity index (χ1n) is 16.6. The zero-order valence-corrected chi connectivity index (χ0v) is 26.0. The maximum atomic E-state index is 3.82. The van der Waals surface area contributed by atoms with Crippen LogP contribution in [0.4, 0.5) is 0 Å². The van der Waals surface area contributed by atoms with Gasteiger partial charge in [-0.2, -0.15) is 0 Å². The molecule has 0 fully saturated rings. The highest BCUT2D eigenvalue weighted by Gasteiger charge is 2.19. The van der Waals surface area contributed by atoms with Gasteiger partial charge < -0.3 is 9.97 Å². The number of hydrogen-bond donors (Lipinski definition) is 2. The molecule has 2 heterocycles. The van der Waals surface area contributed by atoms with E-state index in [4.69, 9.17) is 0 Å². The lowest BCUT2D eigenvalue weighted by Gasteiger charge is -2.11. The molecule has 0 unspecified atom stereocenters. The van der Waals surface area contributed by atoms with Gasteiger partial charge in [-0.1, -0.05) is 146 Å². The standard InChI is InChI=1S/C46H28N2/c1-5-15-35-31(11-1)33-13-3-7-17-37(33)45-43(35)41-29(19-9-21-39(41)47-45)27-23-25-28(26-24-27)30-20-10-22-40-42(30)44-36-16-6-2-12-32(36)34-14-4-8-18-38(34)46(44)48-40/h1-26,47-48H. The largest absolute Gasteiger partial charge is 0.354 e. The molecule has 0 saturated carbocycles. The summed E-state index contributed by atoms with van der Waals surface area (Å²) in [5.74, 6) is 0. The first kappa shape index (κ1) is 25.8. The molecule has 2 nitrogen and oxygen atoms in total. The predicted molar refractivity (Wildman–Crippen MR) is 206 cm³/mol. The quantitative estimate of drug-likeness (QED) is 0.183. The molecule has 11 aromatic rings. The molecule has 9 aromatic carbocycles. The molecule has 2 heteroatoms. The highest BCUT2D eigenvalue weighted by molar-refractivity contribution is 6.34. The molecule has 0 saturated heterocycles. The fourth-order valence-corrected chi connectivity index (χ4v) is 8.49. The molecule has 2 aromatic heterocycles. The molecule has 0 aliphatic heterocycles. The number of rotatable bonds is 2. The predicted octanol–water partition coefficient (Wildman–Crippen LogP) is 12.9. The second-order valence-electron chi connectivity index (χ2n) is 13.0. The van der Waals surface area contributed by atoms with Crippen molar-refractivity contribution in [3.05, 3.63) is 158 Å². The fraction of sp³-hybridized carbons (Fsp3) is 0. The lowest BCUT2D eigenvalue weighted by Crippen LogP contribution is -1.84. The molecule has 48 heavy (non-hydrogen) atoms. The van der Waals surface area contributed by atoms with Gasteiger partial charge in [-0.25, -0.2) is 0 Å². The third kappa shape index (κ3) is 3.41. The van der Waals surface area contributed by atoms with Crippen LogP contribution in [-0.2, 0) is 0 Å². The van der Waals surface area contributed by atoms with Gasteiger partial charge in [0.05, 0.1) is 11.0 Å². The van der Waals surface area contributed by atoms with Crippen LogP contribution in [-0.4, -0.2) is 9.97 Å². The molecule has 2 N–H and O–H groups in total. The molecule has 0 aliphatic rings. The number of hydrogen-bond acceptors (Lipinski definition) is 0. The van der Waals surface area contributed by atoms with E-state index in [1.165, 1.54) is 97.9 Å². The van der Waals surface area contributed by atoms with Crippen LogP contribution in [0, 0.1) is 0 Å². The second kappa shape index (κ2) is 9.57. The van der Waals surface area contributed by atoms with Gasteiger partial charge >= 0.3 is 0 Å². The Hall–Kier alpha value is -6.38. The Kier molecular flexibility index (Phi) is 5.14. The fourth-order valence-electron chi connectivity index (χ4n) is 8.49. The summed E-state index contributed by atoms with van der Waals surface area (Å²) in [6.07, 6.45) is 0. The lowest BCUT2D eigenvalue weighted by atomic mass is 9.92. The molecule has 0 radical (unpaired) electrons. The lowest BCUT2D eigenvalue weighted by molar-refractivity contribution is 1.56. The summed E-state index contributed by atoms with van der Waals surface area (Å²) in [7, 11) is 0. The molecular formula is C46H28N2. The summed E-state index contributed by atoms with van der Waals surface area (Å²) < 4.78 is 0.